The fourth-order valence-electron chi connectivity index (χ4n) is 4.14. The molecule has 0 N–H and O–H groups in total. The van der Waals surface area contributed by atoms with Crippen molar-refractivity contribution in [1.82, 2.24) is 9.80 Å². The van der Waals surface area contributed by atoms with Gasteiger partial charge in [0, 0.05) is 31.7 Å². The van der Waals surface area contributed by atoms with Gasteiger partial charge in [-0.2, -0.15) is 0 Å². The zero-order valence-corrected chi connectivity index (χ0v) is 17.6. The van der Waals surface area contributed by atoms with Gasteiger partial charge in [0.15, 0.2) is 11.5 Å². The minimum atomic E-state index is -0.0435. The molecule has 0 unspecified atom stereocenters. The Kier molecular flexibility index (Phi) is 7.55. The average molecular weight is 401 g/mol. The van der Waals surface area contributed by atoms with Gasteiger partial charge in [-0.3, -0.25) is 9.59 Å². The molecule has 6 heteroatoms. The highest BCUT2D eigenvalue weighted by Gasteiger charge is 2.23. The summed E-state index contributed by atoms with van der Waals surface area (Å²) in [6.45, 7) is 2.43. The molecular weight excluding hydrogens is 368 g/mol. The molecule has 2 fully saturated rings. The lowest BCUT2D eigenvalue weighted by Gasteiger charge is -2.22. The van der Waals surface area contributed by atoms with Crippen LogP contribution in [0.1, 0.15) is 48.9 Å². The largest absolute Gasteiger partial charge is 0.493 e. The molecule has 3 rings (SSSR count). The standard InChI is InChI=1S/C23H32N2O4/c1-28-20-11-10-19(17-21(20)29-2)23(27)25-14-6-13-24(15-16-25)22(26)12-9-18-7-4-3-5-8-18/h9-12,17-18H,3-8,13-16H2,1-2H3/b12-9+. The van der Waals surface area contributed by atoms with Crippen LogP contribution in [0.15, 0.2) is 30.4 Å². The van der Waals surface area contributed by atoms with Crippen LogP contribution < -0.4 is 9.47 Å². The molecule has 1 saturated carbocycles. The summed E-state index contributed by atoms with van der Waals surface area (Å²) in [5.41, 5.74) is 0.569. The first-order valence-electron chi connectivity index (χ1n) is 10.6. The van der Waals surface area contributed by atoms with Crippen molar-refractivity contribution >= 4 is 11.8 Å². The summed E-state index contributed by atoms with van der Waals surface area (Å²) in [6, 6.07) is 5.21. The summed E-state index contributed by atoms with van der Waals surface area (Å²) in [5.74, 6) is 1.70. The first kappa shape index (κ1) is 21.2. The third-order valence-corrected chi connectivity index (χ3v) is 5.89. The van der Waals surface area contributed by atoms with E-state index in [1.54, 1.807) is 38.5 Å². The zero-order valence-electron chi connectivity index (χ0n) is 17.6. The van der Waals surface area contributed by atoms with Gasteiger partial charge in [0.05, 0.1) is 14.2 Å². The van der Waals surface area contributed by atoms with E-state index in [1.165, 1.54) is 32.1 Å². The number of hydrogen-bond donors (Lipinski definition) is 0. The fraction of sp³-hybridized carbons (Fsp3) is 0.565. The van der Waals surface area contributed by atoms with E-state index in [0.29, 0.717) is 49.2 Å². The van der Waals surface area contributed by atoms with E-state index in [-0.39, 0.29) is 11.8 Å². The normalized spacial score (nSPS) is 18.6. The third-order valence-electron chi connectivity index (χ3n) is 5.89. The number of amides is 2. The minimum Gasteiger partial charge on any atom is -0.493 e. The molecule has 0 bridgehead atoms. The molecule has 6 nitrogen and oxygen atoms in total. The molecule has 0 radical (unpaired) electrons. The Morgan fingerprint density at radius 1 is 0.897 bits per heavy atom. The average Bonchev–Trinajstić information content (AvgIpc) is 3.03. The van der Waals surface area contributed by atoms with Crippen LogP contribution in [0, 0.1) is 5.92 Å². The van der Waals surface area contributed by atoms with Gasteiger partial charge in [-0.25, -0.2) is 0 Å². The van der Waals surface area contributed by atoms with Crippen LogP contribution in [-0.4, -0.2) is 62.0 Å². The van der Waals surface area contributed by atoms with Gasteiger partial charge < -0.3 is 19.3 Å². The second-order valence-electron chi connectivity index (χ2n) is 7.80. The predicted octanol–water partition coefficient (Wildman–Crippen LogP) is 3.51. The van der Waals surface area contributed by atoms with Gasteiger partial charge in [0.25, 0.3) is 5.91 Å². The Hall–Kier alpha value is -2.50. The van der Waals surface area contributed by atoms with Gasteiger partial charge >= 0.3 is 0 Å². The number of ether oxygens (including phenoxy) is 2. The van der Waals surface area contributed by atoms with Crippen LogP contribution in [0.25, 0.3) is 0 Å². The number of methoxy groups -OCH3 is 2. The summed E-state index contributed by atoms with van der Waals surface area (Å²) in [4.78, 5) is 29.2. The maximum Gasteiger partial charge on any atom is 0.254 e. The van der Waals surface area contributed by atoms with Gasteiger partial charge in [-0.15, -0.1) is 0 Å². The number of rotatable bonds is 5. The van der Waals surface area contributed by atoms with Crippen molar-refractivity contribution < 1.29 is 19.1 Å². The molecule has 0 aromatic heterocycles. The molecule has 1 saturated heterocycles. The van der Waals surface area contributed by atoms with Crippen molar-refractivity contribution in [2.75, 3.05) is 40.4 Å². The SMILES string of the molecule is COc1ccc(C(=O)N2CCCN(C(=O)/C=C/C3CCCCC3)CC2)cc1OC. The van der Waals surface area contributed by atoms with E-state index in [0.717, 1.165) is 6.42 Å². The summed E-state index contributed by atoms with van der Waals surface area (Å²) >= 11 is 0. The smallest absolute Gasteiger partial charge is 0.254 e. The molecule has 0 atom stereocenters. The Morgan fingerprint density at radius 3 is 2.31 bits per heavy atom. The van der Waals surface area contributed by atoms with E-state index in [2.05, 4.69) is 6.08 Å². The maximum atomic E-state index is 12.9. The highest BCUT2D eigenvalue weighted by atomic mass is 16.5. The molecule has 29 heavy (non-hydrogen) atoms. The van der Waals surface area contributed by atoms with Crippen LogP contribution >= 0.6 is 0 Å². The Morgan fingerprint density at radius 2 is 1.59 bits per heavy atom. The van der Waals surface area contributed by atoms with Gasteiger partial charge in [0.1, 0.15) is 0 Å². The molecule has 0 spiro atoms. The molecule has 1 aliphatic carbocycles. The highest BCUT2D eigenvalue weighted by Crippen LogP contribution is 2.28. The predicted molar refractivity (Wildman–Crippen MR) is 112 cm³/mol. The van der Waals surface area contributed by atoms with Crippen LogP contribution in [0.4, 0.5) is 0 Å². The molecule has 158 valence electrons. The van der Waals surface area contributed by atoms with Crippen LogP contribution in [-0.2, 0) is 4.79 Å². The second-order valence-corrected chi connectivity index (χ2v) is 7.80. The molecule has 1 aliphatic heterocycles. The number of carbonyl (C=O) groups excluding carboxylic acids is 2. The molecule has 1 aromatic rings. The first-order chi connectivity index (χ1) is 14.1. The van der Waals surface area contributed by atoms with Gasteiger partial charge in [-0.1, -0.05) is 25.3 Å². The molecular formula is C23H32N2O4. The van der Waals surface area contributed by atoms with Crippen molar-refractivity contribution in [3.8, 4) is 11.5 Å². The summed E-state index contributed by atoms with van der Waals surface area (Å²) in [5, 5.41) is 0. The van der Waals surface area contributed by atoms with Crippen molar-refractivity contribution in [2.24, 2.45) is 5.92 Å². The van der Waals surface area contributed by atoms with Gasteiger partial charge in [-0.05, 0) is 49.5 Å². The second kappa shape index (κ2) is 10.3. The van der Waals surface area contributed by atoms with Crippen molar-refractivity contribution in [3.05, 3.63) is 35.9 Å². The lowest BCUT2D eigenvalue weighted by Crippen LogP contribution is -2.36. The van der Waals surface area contributed by atoms with E-state index in [4.69, 9.17) is 9.47 Å². The molecule has 1 aromatic carbocycles. The van der Waals surface area contributed by atoms with Crippen molar-refractivity contribution in [1.29, 1.82) is 0 Å². The summed E-state index contributed by atoms with van der Waals surface area (Å²) < 4.78 is 10.6. The van der Waals surface area contributed by atoms with Crippen molar-refractivity contribution in [3.63, 3.8) is 0 Å². The van der Waals surface area contributed by atoms with Crippen LogP contribution in [0.3, 0.4) is 0 Å². The van der Waals surface area contributed by atoms with Crippen LogP contribution in [0.5, 0.6) is 11.5 Å². The zero-order chi connectivity index (χ0) is 20.6. The molecule has 2 aliphatic rings. The molecule has 2 amide bonds. The van der Waals surface area contributed by atoms with E-state index in [1.807, 2.05) is 9.80 Å². The monoisotopic (exact) mass is 400 g/mol. The quantitative estimate of drug-likeness (QED) is 0.710. The number of allylic oxidation sites excluding steroid dienone is 1. The van der Waals surface area contributed by atoms with Crippen LogP contribution in [0.2, 0.25) is 0 Å². The molecule has 1 heterocycles. The third kappa shape index (κ3) is 5.52. The summed E-state index contributed by atoms with van der Waals surface area (Å²) in [6.07, 6.45) is 10.9. The Balaban J connectivity index is 1.58. The van der Waals surface area contributed by atoms with E-state index < -0.39 is 0 Å². The van der Waals surface area contributed by atoms with E-state index >= 15 is 0 Å². The first-order valence-corrected chi connectivity index (χ1v) is 10.6. The lowest BCUT2D eigenvalue weighted by atomic mass is 9.89. The number of benzene rings is 1. The number of carbonyl (C=O) groups is 2. The van der Waals surface area contributed by atoms with Crippen molar-refractivity contribution in [2.45, 2.75) is 38.5 Å². The number of hydrogen-bond acceptors (Lipinski definition) is 4. The maximum absolute atomic E-state index is 12.9. The van der Waals surface area contributed by atoms with E-state index in [9.17, 15) is 9.59 Å². The lowest BCUT2D eigenvalue weighted by molar-refractivity contribution is -0.125. The fourth-order valence-corrected chi connectivity index (χ4v) is 4.14. The van der Waals surface area contributed by atoms with Gasteiger partial charge in [0.2, 0.25) is 5.91 Å². The minimum absolute atomic E-state index is 0.0435. The topological polar surface area (TPSA) is 59.1 Å². The Bertz CT molecular complexity index is 740. The highest BCUT2D eigenvalue weighted by molar-refractivity contribution is 5.95. The Labute approximate surface area is 173 Å². The number of nitrogens with zero attached hydrogens (tertiary/aromatic N) is 2. The summed E-state index contributed by atoms with van der Waals surface area (Å²) in [7, 11) is 3.13.